The Morgan fingerprint density at radius 3 is 2.70 bits per heavy atom. The van der Waals surface area contributed by atoms with Crippen LogP contribution >= 0.6 is 0 Å². The van der Waals surface area contributed by atoms with Gasteiger partial charge in [-0.15, -0.1) is 6.42 Å². The van der Waals surface area contributed by atoms with Crippen LogP contribution in [0.5, 0.6) is 5.75 Å². The predicted octanol–water partition coefficient (Wildman–Crippen LogP) is 1.05. The van der Waals surface area contributed by atoms with Gasteiger partial charge in [-0.2, -0.15) is 10.1 Å². The average molecular weight is 315 g/mol. The summed E-state index contributed by atoms with van der Waals surface area (Å²) < 4.78 is 5.66. The van der Waals surface area contributed by atoms with Crippen molar-refractivity contribution in [2.24, 2.45) is 21.5 Å². The van der Waals surface area contributed by atoms with E-state index in [4.69, 9.17) is 27.5 Å². The van der Waals surface area contributed by atoms with Gasteiger partial charge < -0.3 is 16.2 Å². The van der Waals surface area contributed by atoms with Gasteiger partial charge in [0.15, 0.2) is 5.66 Å². The van der Waals surface area contributed by atoms with Crippen molar-refractivity contribution in [3.05, 3.63) is 29.8 Å². The molecule has 0 bridgehead atoms. The zero-order valence-corrected chi connectivity index (χ0v) is 13.3. The highest BCUT2D eigenvalue weighted by Crippen LogP contribution is 2.20. The van der Waals surface area contributed by atoms with Gasteiger partial charge in [0.25, 0.3) is 0 Å². The molecule has 2 rings (SSSR count). The average Bonchev–Trinajstić information content (AvgIpc) is 2.48. The molecule has 0 aromatic heterocycles. The van der Waals surface area contributed by atoms with Gasteiger partial charge in [0.05, 0.1) is 18.8 Å². The molecule has 1 aliphatic rings. The van der Waals surface area contributed by atoms with E-state index in [1.807, 2.05) is 38.1 Å². The summed E-state index contributed by atoms with van der Waals surface area (Å²) in [5, 5.41) is 1.44. The lowest BCUT2D eigenvalue weighted by atomic mass is 10.2. The number of terminal acetylenes is 1. The van der Waals surface area contributed by atoms with E-state index in [2.05, 4.69) is 15.9 Å². The maximum atomic E-state index is 5.83. The van der Waals surface area contributed by atoms with Crippen LogP contribution in [0.2, 0.25) is 0 Å². The molecule has 0 radical (unpaired) electrons. The number of hydrogen-bond acceptors (Lipinski definition) is 7. The first-order chi connectivity index (χ1) is 10.9. The van der Waals surface area contributed by atoms with Gasteiger partial charge in [0.1, 0.15) is 5.75 Å². The second kappa shape index (κ2) is 7.03. The number of nitrogens with two attached hydrogens (primary N) is 2. The highest BCUT2D eigenvalue weighted by Gasteiger charge is 2.32. The molecule has 1 aromatic rings. The van der Waals surface area contributed by atoms with Crippen LogP contribution in [0.4, 0.5) is 0 Å². The molecule has 0 amide bonds. The molecule has 0 aliphatic carbocycles. The Labute approximate surface area is 135 Å². The number of hydrogen-bond donors (Lipinski definition) is 2. The summed E-state index contributed by atoms with van der Waals surface area (Å²) in [5.41, 5.74) is 11.4. The molecule has 23 heavy (non-hydrogen) atoms. The summed E-state index contributed by atoms with van der Waals surface area (Å²) >= 11 is 0. The number of benzene rings is 1. The third-order valence-electron chi connectivity index (χ3n) is 3.13. The SMILES string of the molecule is C#Cc1ccccc1OCCCON1C(N)=NC(N)=NC1(C)C. The van der Waals surface area contributed by atoms with E-state index in [0.717, 1.165) is 5.56 Å². The second-order valence-electron chi connectivity index (χ2n) is 5.40. The van der Waals surface area contributed by atoms with Crippen LogP contribution in [-0.4, -0.2) is 35.9 Å². The zero-order chi connectivity index (χ0) is 16.9. The molecule has 7 nitrogen and oxygen atoms in total. The number of nitrogens with zero attached hydrogens (tertiary/aromatic N) is 3. The van der Waals surface area contributed by atoms with Gasteiger partial charge in [-0.3, -0.25) is 4.84 Å². The van der Waals surface area contributed by atoms with Crippen molar-refractivity contribution in [2.75, 3.05) is 13.2 Å². The molecular weight excluding hydrogens is 294 g/mol. The van der Waals surface area contributed by atoms with Crippen molar-refractivity contribution in [3.8, 4) is 18.1 Å². The summed E-state index contributed by atoms with van der Waals surface area (Å²) in [6.45, 7) is 4.53. The number of para-hydroxylation sites is 1. The van der Waals surface area contributed by atoms with E-state index in [1.165, 1.54) is 5.06 Å². The smallest absolute Gasteiger partial charge is 0.226 e. The second-order valence-corrected chi connectivity index (χ2v) is 5.40. The summed E-state index contributed by atoms with van der Waals surface area (Å²) in [5.74, 6) is 3.59. The Hall–Kier alpha value is -2.72. The van der Waals surface area contributed by atoms with Crippen molar-refractivity contribution in [2.45, 2.75) is 25.9 Å². The van der Waals surface area contributed by atoms with Crippen molar-refractivity contribution in [1.29, 1.82) is 0 Å². The number of rotatable bonds is 6. The Morgan fingerprint density at radius 2 is 2.00 bits per heavy atom. The van der Waals surface area contributed by atoms with Gasteiger partial charge in [-0.05, 0) is 26.0 Å². The molecule has 1 aromatic carbocycles. The van der Waals surface area contributed by atoms with Crippen LogP contribution in [0, 0.1) is 12.3 Å². The van der Waals surface area contributed by atoms with E-state index in [1.54, 1.807) is 0 Å². The quantitative estimate of drug-likeness (QED) is 0.604. The lowest BCUT2D eigenvalue weighted by Crippen LogP contribution is -2.53. The van der Waals surface area contributed by atoms with Crippen LogP contribution in [0.15, 0.2) is 34.3 Å². The minimum absolute atomic E-state index is 0.140. The third-order valence-corrected chi connectivity index (χ3v) is 3.13. The molecule has 0 fully saturated rings. The third kappa shape index (κ3) is 4.14. The maximum absolute atomic E-state index is 5.83. The molecule has 0 spiro atoms. The number of hydroxylamine groups is 2. The number of ether oxygens (including phenoxy) is 1. The Balaban J connectivity index is 1.80. The van der Waals surface area contributed by atoms with E-state index in [9.17, 15) is 0 Å². The molecule has 0 unspecified atom stereocenters. The summed E-state index contributed by atoms with van der Waals surface area (Å²) in [6.07, 6.45) is 6.07. The highest BCUT2D eigenvalue weighted by atomic mass is 16.7. The largest absolute Gasteiger partial charge is 0.492 e. The first kappa shape index (κ1) is 16.6. The predicted molar refractivity (Wildman–Crippen MR) is 89.6 cm³/mol. The maximum Gasteiger partial charge on any atom is 0.226 e. The molecule has 122 valence electrons. The fourth-order valence-electron chi connectivity index (χ4n) is 2.13. The summed E-state index contributed by atoms with van der Waals surface area (Å²) in [4.78, 5) is 13.7. The van der Waals surface area contributed by atoms with Crippen LogP contribution < -0.4 is 16.2 Å². The minimum atomic E-state index is -0.702. The van der Waals surface area contributed by atoms with Crippen LogP contribution in [0.25, 0.3) is 0 Å². The lowest BCUT2D eigenvalue weighted by Gasteiger charge is -2.36. The van der Waals surface area contributed by atoms with Crippen LogP contribution in [0.3, 0.4) is 0 Å². The van der Waals surface area contributed by atoms with Gasteiger partial charge in [-0.1, -0.05) is 18.1 Å². The van der Waals surface area contributed by atoms with Crippen molar-refractivity contribution in [1.82, 2.24) is 5.06 Å². The van der Waals surface area contributed by atoms with Gasteiger partial charge in [0.2, 0.25) is 11.9 Å². The fraction of sp³-hybridized carbons (Fsp3) is 0.375. The highest BCUT2D eigenvalue weighted by molar-refractivity contribution is 5.95. The molecule has 1 heterocycles. The van der Waals surface area contributed by atoms with Crippen LogP contribution in [0.1, 0.15) is 25.8 Å². The van der Waals surface area contributed by atoms with Gasteiger partial charge >= 0.3 is 0 Å². The minimum Gasteiger partial charge on any atom is -0.492 e. The topological polar surface area (TPSA) is 98.5 Å². The Morgan fingerprint density at radius 1 is 1.26 bits per heavy atom. The molecule has 0 saturated heterocycles. The Bertz CT molecular complexity index is 661. The normalized spacial score (nSPS) is 16.3. The standard InChI is InChI=1S/C16H21N5O2/c1-4-12-8-5-6-9-13(12)22-10-7-11-23-21-15(18)19-14(17)20-16(21,2)3/h1,5-6,8-9H,7,10-11H2,2-3H3,(H4,17,18,19,20). The molecule has 7 heteroatoms. The van der Waals surface area contributed by atoms with E-state index in [0.29, 0.717) is 25.4 Å². The van der Waals surface area contributed by atoms with E-state index in [-0.39, 0.29) is 11.9 Å². The first-order valence-corrected chi connectivity index (χ1v) is 7.25. The molecule has 1 aliphatic heterocycles. The van der Waals surface area contributed by atoms with Crippen molar-refractivity contribution in [3.63, 3.8) is 0 Å². The summed E-state index contributed by atoms with van der Waals surface area (Å²) in [6, 6.07) is 7.42. The molecular formula is C16H21N5O2. The number of guanidine groups is 2. The Kier molecular flexibility index (Phi) is 5.09. The van der Waals surface area contributed by atoms with Gasteiger partial charge in [-0.25, -0.2) is 4.99 Å². The molecule has 0 saturated carbocycles. The first-order valence-electron chi connectivity index (χ1n) is 7.25. The van der Waals surface area contributed by atoms with E-state index < -0.39 is 5.66 Å². The molecule has 0 atom stereocenters. The van der Waals surface area contributed by atoms with E-state index >= 15 is 0 Å². The lowest BCUT2D eigenvalue weighted by molar-refractivity contribution is -0.158. The number of aliphatic imine (C=N–C) groups is 2. The van der Waals surface area contributed by atoms with Gasteiger partial charge in [0, 0.05) is 6.42 Å². The molecule has 4 N–H and O–H groups in total. The zero-order valence-electron chi connectivity index (χ0n) is 13.3. The summed E-state index contributed by atoms with van der Waals surface area (Å²) in [7, 11) is 0. The van der Waals surface area contributed by atoms with Crippen molar-refractivity contribution >= 4 is 11.9 Å². The monoisotopic (exact) mass is 315 g/mol. The van der Waals surface area contributed by atoms with Crippen LogP contribution in [-0.2, 0) is 4.84 Å². The van der Waals surface area contributed by atoms with Crippen molar-refractivity contribution < 1.29 is 9.57 Å². The fourth-order valence-corrected chi connectivity index (χ4v) is 2.13.